The summed E-state index contributed by atoms with van der Waals surface area (Å²) in [7, 11) is 0. The van der Waals surface area contributed by atoms with Gasteiger partial charge in [0, 0.05) is 18.9 Å². The van der Waals surface area contributed by atoms with Crippen molar-refractivity contribution in [2.24, 2.45) is 5.92 Å². The first-order valence-electron chi connectivity index (χ1n) is 7.97. The van der Waals surface area contributed by atoms with Crippen LogP contribution in [0.3, 0.4) is 0 Å². The molecule has 0 unspecified atom stereocenters. The second kappa shape index (κ2) is 6.32. The Morgan fingerprint density at radius 3 is 2.65 bits per heavy atom. The minimum atomic E-state index is 0.218. The Hall–Kier alpha value is -2.50. The maximum Gasteiger partial charge on any atom is 0.178 e. The second-order valence-corrected chi connectivity index (χ2v) is 5.97. The van der Waals surface area contributed by atoms with Crippen molar-refractivity contribution in [1.29, 1.82) is 0 Å². The van der Waals surface area contributed by atoms with E-state index >= 15 is 0 Å². The summed E-state index contributed by atoms with van der Waals surface area (Å²) in [4.78, 5) is 6.59. The predicted octanol–water partition coefficient (Wildman–Crippen LogP) is 3.05. The van der Waals surface area contributed by atoms with E-state index in [2.05, 4.69) is 46.9 Å². The first-order chi connectivity index (χ1) is 11.1. The number of rotatable bonds is 5. The molecule has 0 aliphatic heterocycles. The van der Waals surface area contributed by atoms with Crippen LogP contribution in [-0.2, 0) is 0 Å². The summed E-state index contributed by atoms with van der Waals surface area (Å²) < 4.78 is 1.79. The van der Waals surface area contributed by atoms with Crippen LogP contribution in [0.1, 0.15) is 38.2 Å². The highest BCUT2D eigenvalue weighted by Crippen LogP contribution is 2.31. The maximum atomic E-state index is 4.73. The van der Waals surface area contributed by atoms with Gasteiger partial charge < -0.3 is 4.90 Å². The molecule has 0 aromatic carbocycles. The molecule has 0 radical (unpaired) electrons. The van der Waals surface area contributed by atoms with E-state index < -0.39 is 0 Å². The van der Waals surface area contributed by atoms with E-state index in [9.17, 15) is 0 Å². The fourth-order valence-electron chi connectivity index (χ4n) is 3.02. The van der Waals surface area contributed by atoms with E-state index in [4.69, 9.17) is 5.10 Å². The summed E-state index contributed by atoms with van der Waals surface area (Å²) in [5.41, 5.74) is 1.97. The van der Waals surface area contributed by atoms with Crippen LogP contribution in [0.5, 0.6) is 0 Å². The van der Waals surface area contributed by atoms with Gasteiger partial charge in [-0.3, -0.25) is 4.98 Å². The third-order valence-electron chi connectivity index (χ3n) is 4.03. The molecule has 3 heterocycles. The molecule has 0 saturated heterocycles. The molecule has 0 aliphatic carbocycles. The summed E-state index contributed by atoms with van der Waals surface area (Å²) in [6.45, 7) is 9.37. The number of hydrogen-bond acceptors (Lipinski definition) is 5. The molecule has 6 heteroatoms. The van der Waals surface area contributed by atoms with Crippen molar-refractivity contribution in [3.05, 3.63) is 48.0 Å². The topological polar surface area (TPSA) is 59.2 Å². The Morgan fingerprint density at radius 1 is 1.17 bits per heavy atom. The summed E-state index contributed by atoms with van der Waals surface area (Å²) in [5, 5.41) is 12.9. The normalized spacial score (nSPS) is 12.7. The molecular formula is C17H22N6. The fourth-order valence-corrected chi connectivity index (χ4v) is 3.02. The minimum Gasteiger partial charge on any atom is -0.348 e. The van der Waals surface area contributed by atoms with Crippen molar-refractivity contribution in [2.45, 2.75) is 33.7 Å². The molecule has 0 fully saturated rings. The molecule has 0 N–H and O–H groups in total. The molecule has 0 saturated carbocycles. The zero-order chi connectivity index (χ0) is 16.4. The Balaban J connectivity index is 2.06. The average Bonchev–Trinajstić information content (AvgIpc) is 2.93. The van der Waals surface area contributed by atoms with Crippen LogP contribution < -0.4 is 4.90 Å². The van der Waals surface area contributed by atoms with Gasteiger partial charge in [0.2, 0.25) is 0 Å². The molecule has 23 heavy (non-hydrogen) atoms. The smallest absolute Gasteiger partial charge is 0.178 e. The molecule has 120 valence electrons. The third-order valence-corrected chi connectivity index (χ3v) is 4.03. The first kappa shape index (κ1) is 15.4. The Labute approximate surface area is 136 Å². The van der Waals surface area contributed by atoms with Crippen LogP contribution in [0.15, 0.2) is 36.7 Å². The highest BCUT2D eigenvalue weighted by atomic mass is 15.4. The van der Waals surface area contributed by atoms with Crippen LogP contribution in [0, 0.1) is 12.8 Å². The summed E-state index contributed by atoms with van der Waals surface area (Å²) in [6, 6.07) is 8.31. The second-order valence-electron chi connectivity index (χ2n) is 5.97. The Kier molecular flexibility index (Phi) is 4.23. The number of anilines is 1. The maximum absolute atomic E-state index is 4.73. The molecule has 6 nitrogen and oxygen atoms in total. The highest BCUT2D eigenvalue weighted by molar-refractivity contribution is 5.47. The molecule has 1 atom stereocenters. The number of aryl methyl sites for hydroxylation is 1. The number of nitrogens with zero attached hydrogens (tertiary/aromatic N) is 6. The van der Waals surface area contributed by atoms with E-state index in [0.29, 0.717) is 5.92 Å². The lowest BCUT2D eigenvalue weighted by molar-refractivity contribution is 0.469. The number of hydrogen-bond donors (Lipinski definition) is 0. The number of pyridine rings is 1. The van der Waals surface area contributed by atoms with Crippen molar-refractivity contribution in [2.75, 3.05) is 11.4 Å². The minimum absolute atomic E-state index is 0.218. The van der Waals surface area contributed by atoms with E-state index in [1.807, 2.05) is 37.5 Å². The van der Waals surface area contributed by atoms with Crippen LogP contribution in [0.4, 0.5) is 5.82 Å². The van der Waals surface area contributed by atoms with Crippen molar-refractivity contribution in [3.8, 4) is 0 Å². The Morgan fingerprint density at radius 2 is 2.00 bits per heavy atom. The molecule has 3 aromatic heterocycles. The standard InChI is InChI=1S/C17H22N6/c1-5-22(17(12(2)3)14-7-6-10-18-11-14)16-9-8-15-20-19-13(4)23(15)21-16/h6-12,17H,5H2,1-4H3/t17-/m1/s1. The van der Waals surface area contributed by atoms with Gasteiger partial charge in [-0.2, -0.15) is 4.52 Å². The molecule has 0 amide bonds. The lowest BCUT2D eigenvalue weighted by Gasteiger charge is -2.34. The molecule has 0 spiro atoms. The van der Waals surface area contributed by atoms with Gasteiger partial charge in [0.25, 0.3) is 0 Å². The van der Waals surface area contributed by atoms with Gasteiger partial charge in [-0.05, 0) is 43.5 Å². The summed E-state index contributed by atoms with van der Waals surface area (Å²) in [6.07, 6.45) is 3.75. The van der Waals surface area contributed by atoms with Gasteiger partial charge in [-0.25, -0.2) is 0 Å². The monoisotopic (exact) mass is 310 g/mol. The predicted molar refractivity (Wildman–Crippen MR) is 90.4 cm³/mol. The van der Waals surface area contributed by atoms with Crippen molar-refractivity contribution in [1.82, 2.24) is 24.8 Å². The molecule has 0 bridgehead atoms. The van der Waals surface area contributed by atoms with E-state index in [1.54, 1.807) is 4.52 Å². The lowest BCUT2D eigenvalue weighted by atomic mass is 9.95. The van der Waals surface area contributed by atoms with Crippen LogP contribution in [0.25, 0.3) is 5.65 Å². The third kappa shape index (κ3) is 2.88. The Bertz CT molecular complexity index is 780. The van der Waals surface area contributed by atoms with Gasteiger partial charge in [0.1, 0.15) is 5.82 Å². The molecule has 3 aromatic rings. The SMILES string of the molecule is CCN(c1ccc2nnc(C)n2n1)[C@@H](c1cccnc1)C(C)C. The molecule has 0 aliphatic rings. The zero-order valence-corrected chi connectivity index (χ0v) is 14.0. The van der Waals surface area contributed by atoms with Crippen LogP contribution >= 0.6 is 0 Å². The van der Waals surface area contributed by atoms with Gasteiger partial charge >= 0.3 is 0 Å². The van der Waals surface area contributed by atoms with E-state index in [0.717, 1.165) is 23.8 Å². The average molecular weight is 310 g/mol. The van der Waals surface area contributed by atoms with Crippen molar-refractivity contribution in [3.63, 3.8) is 0 Å². The zero-order valence-electron chi connectivity index (χ0n) is 14.0. The quantitative estimate of drug-likeness (QED) is 0.725. The molecular weight excluding hydrogens is 288 g/mol. The van der Waals surface area contributed by atoms with Crippen molar-refractivity contribution < 1.29 is 0 Å². The van der Waals surface area contributed by atoms with Crippen molar-refractivity contribution >= 4 is 11.5 Å². The van der Waals surface area contributed by atoms with E-state index in [1.165, 1.54) is 5.56 Å². The number of fused-ring (bicyclic) bond motifs is 1. The summed E-state index contributed by atoms with van der Waals surface area (Å²) in [5.74, 6) is 2.14. The first-order valence-corrected chi connectivity index (χ1v) is 7.97. The van der Waals surface area contributed by atoms with Crippen LogP contribution in [0.2, 0.25) is 0 Å². The molecule has 3 rings (SSSR count). The van der Waals surface area contributed by atoms with E-state index in [-0.39, 0.29) is 6.04 Å². The van der Waals surface area contributed by atoms with Gasteiger partial charge in [-0.1, -0.05) is 19.9 Å². The largest absolute Gasteiger partial charge is 0.348 e. The lowest BCUT2D eigenvalue weighted by Crippen LogP contribution is -2.33. The number of aromatic nitrogens is 5. The van der Waals surface area contributed by atoms with Gasteiger partial charge in [0.05, 0.1) is 6.04 Å². The van der Waals surface area contributed by atoms with Gasteiger partial charge in [-0.15, -0.1) is 15.3 Å². The fraction of sp³-hybridized carbons (Fsp3) is 0.412. The van der Waals surface area contributed by atoms with Crippen LogP contribution in [-0.4, -0.2) is 31.3 Å². The summed E-state index contributed by atoms with van der Waals surface area (Å²) >= 11 is 0. The highest BCUT2D eigenvalue weighted by Gasteiger charge is 2.24. The van der Waals surface area contributed by atoms with Gasteiger partial charge in [0.15, 0.2) is 11.5 Å².